The first-order valence-corrected chi connectivity index (χ1v) is 16.9. The van der Waals surface area contributed by atoms with E-state index in [4.69, 9.17) is 10.5 Å². The second kappa shape index (κ2) is 14.4. The summed E-state index contributed by atoms with van der Waals surface area (Å²) in [6.07, 6.45) is 11.9. The first kappa shape index (κ1) is 31.7. The van der Waals surface area contributed by atoms with Crippen LogP contribution in [0.4, 0.5) is 0 Å². The number of hydrogen-bond donors (Lipinski definition) is 3. The van der Waals surface area contributed by atoms with Crippen molar-refractivity contribution in [3.63, 3.8) is 0 Å². The Balaban J connectivity index is 1.26. The predicted molar refractivity (Wildman–Crippen MR) is 168 cm³/mol. The molecule has 3 aliphatic carbocycles. The highest BCUT2D eigenvalue weighted by atomic mass is 16.5. The minimum absolute atomic E-state index is 0.0297. The van der Waals surface area contributed by atoms with Crippen LogP contribution in [0.3, 0.4) is 0 Å². The molecular weight excluding hydrogens is 526 g/mol. The first-order chi connectivity index (χ1) is 20.2. The quantitative estimate of drug-likeness (QED) is 0.428. The second-order valence-electron chi connectivity index (χ2n) is 14.4. The molecule has 5 rings (SSSR count). The number of carbonyl (C=O) groups excluding carboxylic acids is 1. The summed E-state index contributed by atoms with van der Waals surface area (Å²) < 4.78 is 5.56. The minimum Gasteiger partial charge on any atom is -0.379 e. The molecule has 8 nitrogen and oxygen atoms in total. The summed E-state index contributed by atoms with van der Waals surface area (Å²) >= 11 is 0. The number of ether oxygens (including phenoxy) is 1. The lowest BCUT2D eigenvalue weighted by Crippen LogP contribution is -2.54. The van der Waals surface area contributed by atoms with E-state index in [0.717, 1.165) is 75.6 Å². The van der Waals surface area contributed by atoms with Crippen LogP contribution < -0.4 is 16.6 Å². The number of nitrogens with zero attached hydrogens (tertiary/aromatic N) is 2. The smallest absolute Gasteiger partial charge is 0.253 e. The topological polar surface area (TPSA) is 104 Å². The number of aromatic amines is 1. The molecule has 4 atom stereocenters. The van der Waals surface area contributed by atoms with Gasteiger partial charge in [0.2, 0.25) is 5.91 Å². The number of aryl methyl sites for hydroxylation is 2. The van der Waals surface area contributed by atoms with Crippen molar-refractivity contribution in [2.75, 3.05) is 39.9 Å². The third-order valence-corrected chi connectivity index (χ3v) is 11.6. The lowest BCUT2D eigenvalue weighted by atomic mass is 9.63. The van der Waals surface area contributed by atoms with E-state index in [1.54, 1.807) is 0 Å². The molecule has 3 saturated carbocycles. The van der Waals surface area contributed by atoms with Crippen LogP contribution in [0.1, 0.15) is 88.0 Å². The Kier molecular flexibility index (Phi) is 10.8. The Morgan fingerprint density at radius 3 is 2.40 bits per heavy atom. The molecule has 236 valence electrons. The number of hydrogen-bond acceptors (Lipinski definition) is 6. The fourth-order valence-corrected chi connectivity index (χ4v) is 8.88. The SMILES string of the molecule is Cc1cc(C)c(CNC(=O)C2CC(C3CCC(CN4CCOCC4)CC3)CC(N(C)C3CCC(N)CC3)C2C)c(=O)[nH]1. The van der Waals surface area contributed by atoms with Gasteiger partial charge in [-0.3, -0.25) is 14.5 Å². The van der Waals surface area contributed by atoms with Gasteiger partial charge < -0.3 is 25.7 Å². The number of amides is 1. The van der Waals surface area contributed by atoms with Crippen LogP contribution in [0.5, 0.6) is 0 Å². The summed E-state index contributed by atoms with van der Waals surface area (Å²) in [5.41, 5.74) is 8.62. The van der Waals surface area contributed by atoms with E-state index in [-0.39, 0.29) is 23.3 Å². The van der Waals surface area contributed by atoms with Crippen molar-refractivity contribution < 1.29 is 9.53 Å². The van der Waals surface area contributed by atoms with Crippen LogP contribution in [0.2, 0.25) is 0 Å². The Morgan fingerprint density at radius 2 is 1.74 bits per heavy atom. The molecule has 1 aromatic rings. The number of H-pyrrole nitrogens is 1. The molecule has 1 aromatic heterocycles. The van der Waals surface area contributed by atoms with Crippen molar-refractivity contribution in [3.8, 4) is 0 Å². The van der Waals surface area contributed by atoms with E-state index in [0.29, 0.717) is 42.1 Å². The minimum atomic E-state index is -0.0932. The van der Waals surface area contributed by atoms with Crippen LogP contribution in [-0.2, 0) is 16.1 Å². The van der Waals surface area contributed by atoms with Gasteiger partial charge in [0.25, 0.3) is 5.56 Å². The van der Waals surface area contributed by atoms with Crippen molar-refractivity contribution >= 4 is 5.91 Å². The van der Waals surface area contributed by atoms with Gasteiger partial charge in [-0.15, -0.1) is 0 Å². The summed E-state index contributed by atoms with van der Waals surface area (Å²) in [6.45, 7) is 11.6. The summed E-state index contributed by atoms with van der Waals surface area (Å²) in [4.78, 5) is 34.7. The molecule has 4 unspecified atom stereocenters. The number of nitrogens with two attached hydrogens (primary N) is 1. The van der Waals surface area contributed by atoms with Crippen molar-refractivity contribution in [2.24, 2.45) is 35.3 Å². The molecule has 2 heterocycles. The van der Waals surface area contributed by atoms with Crippen LogP contribution in [0.15, 0.2) is 10.9 Å². The largest absolute Gasteiger partial charge is 0.379 e. The van der Waals surface area contributed by atoms with Gasteiger partial charge in [-0.05, 0) is 120 Å². The maximum absolute atomic E-state index is 13.9. The maximum atomic E-state index is 13.9. The number of carbonyl (C=O) groups is 1. The Hall–Kier alpha value is -1.74. The van der Waals surface area contributed by atoms with Crippen LogP contribution >= 0.6 is 0 Å². The van der Waals surface area contributed by atoms with Gasteiger partial charge in [0, 0.05) is 61.5 Å². The molecule has 0 radical (unpaired) electrons. The summed E-state index contributed by atoms with van der Waals surface area (Å²) in [6, 6.07) is 3.27. The fraction of sp³-hybridized carbons (Fsp3) is 0.824. The van der Waals surface area contributed by atoms with Gasteiger partial charge in [0.1, 0.15) is 0 Å². The van der Waals surface area contributed by atoms with E-state index in [2.05, 4.69) is 34.1 Å². The van der Waals surface area contributed by atoms with Crippen molar-refractivity contribution in [1.29, 1.82) is 0 Å². The number of pyridine rings is 1. The van der Waals surface area contributed by atoms with E-state index >= 15 is 0 Å². The number of aromatic nitrogens is 1. The molecule has 0 bridgehead atoms. The summed E-state index contributed by atoms with van der Waals surface area (Å²) in [7, 11) is 2.31. The fourth-order valence-electron chi connectivity index (χ4n) is 8.88. The zero-order valence-electron chi connectivity index (χ0n) is 26.7. The molecular formula is C34H57N5O3. The van der Waals surface area contributed by atoms with E-state index in [9.17, 15) is 9.59 Å². The monoisotopic (exact) mass is 583 g/mol. The summed E-state index contributed by atoms with van der Waals surface area (Å²) in [5, 5.41) is 3.21. The highest BCUT2D eigenvalue weighted by Gasteiger charge is 2.44. The molecule has 1 amide bonds. The van der Waals surface area contributed by atoms with Crippen LogP contribution in [-0.4, -0.2) is 78.7 Å². The second-order valence-corrected chi connectivity index (χ2v) is 14.4. The third kappa shape index (κ3) is 7.66. The molecule has 1 aliphatic heterocycles. The standard InChI is InChI=1S/C34H57N5O3/c1-22-17-23(2)37-34(41)31(22)20-36-33(40)30-18-27(19-32(24(30)3)38(4)29-11-9-28(35)10-12-29)26-7-5-25(6-8-26)21-39-13-15-42-16-14-39/h17,24-30,32H,5-16,18-21,35H2,1-4H3,(H,36,40)(H,37,41). The van der Waals surface area contributed by atoms with Crippen LogP contribution in [0.25, 0.3) is 0 Å². The van der Waals surface area contributed by atoms with Crippen molar-refractivity contribution in [1.82, 2.24) is 20.1 Å². The zero-order valence-corrected chi connectivity index (χ0v) is 26.7. The van der Waals surface area contributed by atoms with Gasteiger partial charge in [-0.25, -0.2) is 0 Å². The number of nitrogens with one attached hydrogen (secondary N) is 2. The highest BCUT2D eigenvalue weighted by molar-refractivity contribution is 5.79. The molecule has 4 N–H and O–H groups in total. The highest BCUT2D eigenvalue weighted by Crippen LogP contribution is 2.46. The molecule has 42 heavy (non-hydrogen) atoms. The molecule has 4 fully saturated rings. The van der Waals surface area contributed by atoms with E-state index in [1.165, 1.54) is 38.6 Å². The summed E-state index contributed by atoms with van der Waals surface area (Å²) in [5.74, 6) is 2.43. The average Bonchev–Trinajstić information content (AvgIpc) is 2.97. The Bertz CT molecular complexity index is 1090. The van der Waals surface area contributed by atoms with E-state index in [1.807, 2.05) is 19.9 Å². The lowest BCUT2D eigenvalue weighted by Gasteiger charge is -2.49. The average molecular weight is 584 g/mol. The van der Waals surface area contributed by atoms with E-state index < -0.39 is 0 Å². The molecule has 8 heteroatoms. The zero-order chi connectivity index (χ0) is 29.8. The van der Waals surface area contributed by atoms with Crippen molar-refractivity contribution in [2.45, 2.75) is 110 Å². The van der Waals surface area contributed by atoms with Crippen LogP contribution in [0, 0.1) is 43.4 Å². The maximum Gasteiger partial charge on any atom is 0.253 e. The number of rotatable bonds is 8. The Morgan fingerprint density at radius 1 is 1.05 bits per heavy atom. The van der Waals surface area contributed by atoms with Gasteiger partial charge in [-0.1, -0.05) is 6.92 Å². The molecule has 1 saturated heterocycles. The Labute approximate surface area is 253 Å². The van der Waals surface area contributed by atoms with Gasteiger partial charge in [0.05, 0.1) is 13.2 Å². The third-order valence-electron chi connectivity index (χ3n) is 11.6. The molecule has 0 aromatic carbocycles. The molecule has 4 aliphatic rings. The van der Waals surface area contributed by atoms with Gasteiger partial charge in [-0.2, -0.15) is 0 Å². The lowest BCUT2D eigenvalue weighted by molar-refractivity contribution is -0.131. The van der Waals surface area contributed by atoms with Crippen molar-refractivity contribution in [3.05, 3.63) is 33.2 Å². The first-order valence-electron chi connectivity index (χ1n) is 16.9. The predicted octanol–water partition coefficient (Wildman–Crippen LogP) is 3.98. The van der Waals surface area contributed by atoms with Gasteiger partial charge >= 0.3 is 0 Å². The molecule has 0 spiro atoms. The number of morpholine rings is 1. The normalized spacial score (nSPS) is 34.8. The van der Waals surface area contributed by atoms with Gasteiger partial charge in [0.15, 0.2) is 0 Å².